The van der Waals surface area contributed by atoms with Gasteiger partial charge in [-0.25, -0.2) is 0 Å². The smallest absolute Gasteiger partial charge is 0.163 e. The summed E-state index contributed by atoms with van der Waals surface area (Å²) in [6.45, 7) is 14.6. The Labute approximate surface area is 191 Å². The Balaban J connectivity index is 0.000000807. The molecule has 3 aliphatic carbocycles. The van der Waals surface area contributed by atoms with Crippen molar-refractivity contribution >= 4 is 5.78 Å². The summed E-state index contributed by atoms with van der Waals surface area (Å²) in [5, 5.41) is 0. The first-order valence-corrected chi connectivity index (χ1v) is 12.7. The van der Waals surface area contributed by atoms with Crippen LogP contribution in [0, 0.1) is 11.3 Å². The molecule has 170 valence electrons. The van der Waals surface area contributed by atoms with Gasteiger partial charge in [-0.05, 0) is 55.1 Å². The van der Waals surface area contributed by atoms with Gasteiger partial charge in [0.05, 0.1) is 0 Å². The number of allylic oxidation sites excluding steroid dienone is 5. The standard InChI is InChI=1S/C26H32O.2C2H6/c1-19-15-22-18-21(11-14-26(2)12-7-4-8-13-26)23(25(22)24(27)16-19)17-20-9-5-3-6-10-20;2*1-2/h3,5-6,9-10,18,23H,1,4,7-8,11-17H2,2H3;2*1-2H3. The lowest BCUT2D eigenvalue weighted by atomic mass is 9.71. The van der Waals surface area contributed by atoms with Gasteiger partial charge in [0.25, 0.3) is 0 Å². The monoisotopic (exact) mass is 420 g/mol. The summed E-state index contributed by atoms with van der Waals surface area (Å²) in [5.41, 5.74) is 6.78. The molecule has 1 fully saturated rings. The lowest BCUT2D eigenvalue weighted by Gasteiger charge is -2.34. The SMILES string of the molecule is C=C1CC(=O)C2=C(C=C(CCC3(C)CCCCC3)C2Cc2ccccc2)C1.CC.CC. The van der Waals surface area contributed by atoms with E-state index in [1.54, 1.807) is 0 Å². The van der Waals surface area contributed by atoms with Crippen LogP contribution in [0.25, 0.3) is 0 Å². The topological polar surface area (TPSA) is 17.1 Å². The highest BCUT2D eigenvalue weighted by Crippen LogP contribution is 2.46. The highest BCUT2D eigenvalue weighted by molar-refractivity contribution is 6.01. The Bertz CT molecular complexity index is 787. The van der Waals surface area contributed by atoms with Crippen LogP contribution in [-0.4, -0.2) is 5.78 Å². The fourth-order valence-electron chi connectivity index (χ4n) is 5.42. The highest BCUT2D eigenvalue weighted by Gasteiger charge is 2.36. The van der Waals surface area contributed by atoms with Crippen molar-refractivity contribution in [2.24, 2.45) is 11.3 Å². The molecule has 0 bridgehead atoms. The number of carbonyl (C=O) groups is 1. The van der Waals surface area contributed by atoms with Crippen LogP contribution in [0.15, 0.2) is 65.3 Å². The minimum atomic E-state index is 0.287. The molecule has 1 aromatic carbocycles. The second-order valence-electron chi connectivity index (χ2n) is 9.30. The molecule has 31 heavy (non-hydrogen) atoms. The van der Waals surface area contributed by atoms with Crippen LogP contribution < -0.4 is 0 Å². The highest BCUT2D eigenvalue weighted by atomic mass is 16.1. The predicted molar refractivity (Wildman–Crippen MR) is 135 cm³/mol. The second-order valence-corrected chi connectivity index (χ2v) is 9.30. The first-order chi connectivity index (χ1) is 15.0. The van der Waals surface area contributed by atoms with Crippen molar-refractivity contribution in [3.05, 3.63) is 70.8 Å². The molecular formula is C30H44O. The molecule has 0 aliphatic heterocycles. The average molecular weight is 421 g/mol. The van der Waals surface area contributed by atoms with Gasteiger partial charge in [0.1, 0.15) is 0 Å². The molecule has 0 saturated heterocycles. The minimum absolute atomic E-state index is 0.287. The van der Waals surface area contributed by atoms with E-state index in [0.717, 1.165) is 30.4 Å². The zero-order valence-corrected chi connectivity index (χ0v) is 20.7. The van der Waals surface area contributed by atoms with Crippen LogP contribution in [0.1, 0.15) is 98.0 Å². The zero-order valence-electron chi connectivity index (χ0n) is 20.7. The maximum absolute atomic E-state index is 12.8. The van der Waals surface area contributed by atoms with E-state index in [-0.39, 0.29) is 5.92 Å². The number of carbonyl (C=O) groups excluding carboxylic acids is 1. The van der Waals surface area contributed by atoms with Crippen LogP contribution in [0.5, 0.6) is 0 Å². The average Bonchev–Trinajstić information content (AvgIpc) is 3.13. The van der Waals surface area contributed by atoms with Crippen molar-refractivity contribution in [2.75, 3.05) is 0 Å². The van der Waals surface area contributed by atoms with E-state index >= 15 is 0 Å². The van der Waals surface area contributed by atoms with Gasteiger partial charge in [-0.1, -0.05) is 108 Å². The summed E-state index contributed by atoms with van der Waals surface area (Å²) >= 11 is 0. The summed E-state index contributed by atoms with van der Waals surface area (Å²) in [6, 6.07) is 10.7. The number of hydrogen-bond donors (Lipinski definition) is 0. The fraction of sp³-hybridized carbons (Fsp3) is 0.567. The summed E-state index contributed by atoms with van der Waals surface area (Å²) < 4.78 is 0. The van der Waals surface area contributed by atoms with E-state index in [2.05, 4.69) is 49.9 Å². The van der Waals surface area contributed by atoms with E-state index in [9.17, 15) is 4.79 Å². The van der Waals surface area contributed by atoms with Crippen molar-refractivity contribution in [2.45, 2.75) is 98.8 Å². The molecule has 0 radical (unpaired) electrons. The lowest BCUT2D eigenvalue weighted by molar-refractivity contribution is -0.115. The summed E-state index contributed by atoms with van der Waals surface area (Å²) in [5.74, 6) is 0.604. The van der Waals surface area contributed by atoms with Crippen LogP contribution >= 0.6 is 0 Å². The van der Waals surface area contributed by atoms with Gasteiger partial charge >= 0.3 is 0 Å². The number of ketones is 1. The van der Waals surface area contributed by atoms with Gasteiger partial charge in [-0.2, -0.15) is 0 Å². The van der Waals surface area contributed by atoms with Gasteiger partial charge in [0.15, 0.2) is 5.78 Å². The third-order valence-corrected chi connectivity index (χ3v) is 7.01. The summed E-state index contributed by atoms with van der Waals surface area (Å²) in [4.78, 5) is 12.8. The molecule has 1 nitrogen and oxygen atoms in total. The van der Waals surface area contributed by atoms with Crippen molar-refractivity contribution in [1.29, 1.82) is 0 Å². The van der Waals surface area contributed by atoms with Crippen molar-refractivity contribution in [3.63, 3.8) is 0 Å². The molecule has 1 aromatic rings. The Morgan fingerprint density at radius 3 is 2.26 bits per heavy atom. The van der Waals surface area contributed by atoms with Crippen molar-refractivity contribution < 1.29 is 4.79 Å². The van der Waals surface area contributed by atoms with Crippen LogP contribution in [0.4, 0.5) is 0 Å². The second kappa shape index (κ2) is 12.2. The molecule has 0 aromatic heterocycles. The van der Waals surface area contributed by atoms with Crippen LogP contribution in [0.3, 0.4) is 0 Å². The molecule has 4 rings (SSSR count). The minimum Gasteiger partial charge on any atom is -0.294 e. The quantitative estimate of drug-likeness (QED) is 0.435. The zero-order chi connectivity index (χ0) is 22.9. The molecule has 1 heteroatoms. The van der Waals surface area contributed by atoms with E-state index in [0.29, 0.717) is 17.6 Å². The molecule has 1 unspecified atom stereocenters. The Hall–Kier alpha value is -1.89. The molecular weight excluding hydrogens is 376 g/mol. The molecule has 0 heterocycles. The van der Waals surface area contributed by atoms with E-state index in [1.165, 1.54) is 55.2 Å². The lowest BCUT2D eigenvalue weighted by Crippen LogP contribution is -2.22. The molecule has 0 N–H and O–H groups in total. The molecule has 0 spiro atoms. The van der Waals surface area contributed by atoms with Gasteiger partial charge in [0, 0.05) is 17.9 Å². The number of rotatable bonds is 5. The third-order valence-electron chi connectivity index (χ3n) is 7.01. The maximum Gasteiger partial charge on any atom is 0.163 e. The number of hydrogen-bond acceptors (Lipinski definition) is 1. The Morgan fingerprint density at radius 2 is 1.61 bits per heavy atom. The molecule has 1 saturated carbocycles. The number of Topliss-reactive ketones (excluding diaryl/α,β-unsaturated/α-hetero) is 1. The van der Waals surface area contributed by atoms with Crippen LogP contribution in [0.2, 0.25) is 0 Å². The van der Waals surface area contributed by atoms with Gasteiger partial charge < -0.3 is 0 Å². The third kappa shape index (κ3) is 6.55. The van der Waals surface area contributed by atoms with Gasteiger partial charge in [0.2, 0.25) is 0 Å². The van der Waals surface area contributed by atoms with Crippen LogP contribution in [-0.2, 0) is 11.2 Å². The van der Waals surface area contributed by atoms with Crippen molar-refractivity contribution in [3.8, 4) is 0 Å². The predicted octanol–water partition coefficient (Wildman–Crippen LogP) is 8.80. The molecule has 1 atom stereocenters. The first kappa shape index (κ1) is 25.4. The summed E-state index contributed by atoms with van der Waals surface area (Å²) in [7, 11) is 0. The first-order valence-electron chi connectivity index (χ1n) is 12.7. The normalized spacial score (nSPS) is 22.0. The Morgan fingerprint density at radius 1 is 0.968 bits per heavy atom. The van der Waals surface area contributed by atoms with E-state index < -0.39 is 0 Å². The van der Waals surface area contributed by atoms with E-state index in [4.69, 9.17) is 0 Å². The number of benzene rings is 1. The van der Waals surface area contributed by atoms with Gasteiger partial charge in [-0.3, -0.25) is 4.79 Å². The summed E-state index contributed by atoms with van der Waals surface area (Å²) in [6.07, 6.45) is 14.1. The maximum atomic E-state index is 12.8. The Kier molecular flexibility index (Phi) is 10.0. The fourth-order valence-corrected chi connectivity index (χ4v) is 5.42. The molecule has 3 aliphatic rings. The van der Waals surface area contributed by atoms with E-state index in [1.807, 2.05) is 27.7 Å². The molecule has 0 amide bonds. The van der Waals surface area contributed by atoms with Crippen molar-refractivity contribution in [1.82, 2.24) is 0 Å². The van der Waals surface area contributed by atoms with Gasteiger partial charge in [-0.15, -0.1) is 0 Å². The largest absolute Gasteiger partial charge is 0.294 e.